The molecule has 0 fully saturated rings. The highest BCUT2D eigenvalue weighted by Gasteiger charge is 2.21. The number of rotatable bonds is 31. The molecule has 0 saturated heterocycles. The Morgan fingerprint density at radius 2 is 1.43 bits per heavy atom. The first-order valence-electron chi connectivity index (χ1n) is 18.2. The van der Waals surface area contributed by atoms with E-state index in [-0.39, 0.29) is 72.8 Å². The van der Waals surface area contributed by atoms with E-state index in [1.54, 1.807) is 18.7 Å². The molecule has 1 rings (SSSR count). The van der Waals surface area contributed by atoms with Crippen LogP contribution in [0.25, 0.3) is 0 Å². The zero-order valence-electron chi connectivity index (χ0n) is 30.8. The second-order valence-corrected chi connectivity index (χ2v) is 15.6. The summed E-state index contributed by atoms with van der Waals surface area (Å²) in [5.41, 5.74) is 1.30. The topological polar surface area (TPSA) is 113 Å². The van der Waals surface area contributed by atoms with Crippen LogP contribution in [0.1, 0.15) is 124 Å². The molecule has 0 bridgehead atoms. The molecule has 2 atom stereocenters. The van der Waals surface area contributed by atoms with Crippen molar-refractivity contribution < 1.29 is 38.2 Å². The molecule has 0 saturated carbocycles. The first-order chi connectivity index (χ1) is 23.5. The van der Waals surface area contributed by atoms with Gasteiger partial charge in [-0.2, -0.15) is 23.5 Å². The molecular weight excluding hydrogens is 661 g/mol. The van der Waals surface area contributed by atoms with E-state index in [2.05, 4.69) is 39.8 Å². The molecule has 0 amide bonds. The summed E-state index contributed by atoms with van der Waals surface area (Å²) in [7, 11) is 0. The molecule has 0 spiro atoms. The summed E-state index contributed by atoms with van der Waals surface area (Å²) in [6, 6.07) is 10.3. The maximum atomic E-state index is 12.3. The van der Waals surface area contributed by atoms with Crippen molar-refractivity contribution in [2.75, 3.05) is 42.8 Å². The molecule has 2 unspecified atom stereocenters. The predicted molar refractivity (Wildman–Crippen MR) is 201 cm³/mol. The zero-order chi connectivity index (χ0) is 36.3. The second-order valence-electron chi connectivity index (χ2n) is 13.4. The highest BCUT2D eigenvalue weighted by atomic mass is 32.2. The number of esters is 2. The van der Waals surface area contributed by atoms with Crippen molar-refractivity contribution in [3.05, 3.63) is 35.9 Å². The molecule has 49 heavy (non-hydrogen) atoms. The van der Waals surface area contributed by atoms with E-state index in [0.29, 0.717) is 56.0 Å². The third-order valence-corrected chi connectivity index (χ3v) is 10.8. The number of benzene rings is 1. The van der Waals surface area contributed by atoms with Crippen LogP contribution in [0.15, 0.2) is 30.3 Å². The van der Waals surface area contributed by atoms with Gasteiger partial charge in [0.05, 0.1) is 31.7 Å². The standard InChI is InChI=1S/C39H62O8S2/c1-6-8-19-36(7-2)47-28-35(42)18-13-10-14-23-45-37(43)20-15-24-46-38(44)31(3)29-48-25-21-33(40)27-34(41)22-26-49-30-39(4,5)32-16-11-9-12-17-32/h9,11-12,16-17,31,36H,6-8,10,13-15,18-30H2,1-5H3. The molecule has 1 aromatic carbocycles. The van der Waals surface area contributed by atoms with Gasteiger partial charge in [0, 0.05) is 48.7 Å². The average Bonchev–Trinajstić information content (AvgIpc) is 3.08. The highest BCUT2D eigenvalue weighted by Crippen LogP contribution is 2.27. The third kappa shape index (κ3) is 23.0. The summed E-state index contributed by atoms with van der Waals surface area (Å²) in [4.78, 5) is 60.8. The fourth-order valence-electron chi connectivity index (χ4n) is 4.91. The molecule has 8 nitrogen and oxygen atoms in total. The summed E-state index contributed by atoms with van der Waals surface area (Å²) in [5.74, 6) is 1.73. The lowest BCUT2D eigenvalue weighted by molar-refractivity contribution is -0.149. The first-order valence-corrected chi connectivity index (χ1v) is 20.5. The molecule has 0 heterocycles. The predicted octanol–water partition coefficient (Wildman–Crippen LogP) is 8.36. The summed E-state index contributed by atoms with van der Waals surface area (Å²) in [5, 5.41) is 0. The van der Waals surface area contributed by atoms with Crippen LogP contribution >= 0.6 is 23.5 Å². The van der Waals surface area contributed by atoms with Gasteiger partial charge in [0.1, 0.15) is 18.2 Å². The van der Waals surface area contributed by atoms with Crippen molar-refractivity contribution in [3.8, 4) is 0 Å². The monoisotopic (exact) mass is 722 g/mol. The smallest absolute Gasteiger partial charge is 0.309 e. The minimum atomic E-state index is -0.335. The van der Waals surface area contributed by atoms with Gasteiger partial charge in [-0.05, 0) is 49.5 Å². The molecule has 0 aromatic heterocycles. The van der Waals surface area contributed by atoms with E-state index >= 15 is 0 Å². The average molecular weight is 723 g/mol. The number of ketones is 3. The van der Waals surface area contributed by atoms with Gasteiger partial charge in [-0.1, -0.05) is 77.8 Å². The van der Waals surface area contributed by atoms with Gasteiger partial charge in [0.25, 0.3) is 0 Å². The number of carbonyl (C=O) groups excluding carboxylic acids is 5. The molecule has 1 aromatic rings. The highest BCUT2D eigenvalue weighted by molar-refractivity contribution is 7.99. The molecule has 10 heteroatoms. The maximum Gasteiger partial charge on any atom is 0.309 e. The summed E-state index contributed by atoms with van der Waals surface area (Å²) >= 11 is 3.24. The van der Waals surface area contributed by atoms with Gasteiger partial charge in [-0.25, -0.2) is 0 Å². The van der Waals surface area contributed by atoms with Crippen molar-refractivity contribution in [1.29, 1.82) is 0 Å². The Hall–Kier alpha value is -2.17. The van der Waals surface area contributed by atoms with Gasteiger partial charge in [0.15, 0.2) is 5.78 Å². The number of ether oxygens (including phenoxy) is 3. The van der Waals surface area contributed by atoms with Crippen LogP contribution in [0.5, 0.6) is 0 Å². The Bertz CT molecular complexity index is 1090. The van der Waals surface area contributed by atoms with E-state index in [9.17, 15) is 24.0 Å². The zero-order valence-corrected chi connectivity index (χ0v) is 32.4. The lowest BCUT2D eigenvalue weighted by Crippen LogP contribution is -2.20. The van der Waals surface area contributed by atoms with Crippen molar-refractivity contribution in [2.24, 2.45) is 5.92 Å². The van der Waals surface area contributed by atoms with E-state index in [1.165, 1.54) is 17.3 Å². The molecule has 0 radical (unpaired) electrons. The Balaban J connectivity index is 2.01. The van der Waals surface area contributed by atoms with Gasteiger partial charge in [-0.15, -0.1) is 0 Å². The third-order valence-electron chi connectivity index (χ3n) is 8.18. The van der Waals surface area contributed by atoms with E-state index < -0.39 is 0 Å². The molecule has 0 aliphatic rings. The van der Waals surface area contributed by atoms with Crippen LogP contribution in [-0.4, -0.2) is 78.2 Å². The van der Waals surface area contributed by atoms with Crippen LogP contribution < -0.4 is 0 Å². The minimum absolute atomic E-state index is 0.0198. The molecule has 0 aliphatic heterocycles. The Kier molecular flexibility index (Phi) is 25.2. The quantitative estimate of drug-likeness (QED) is 0.0421. The second kappa shape index (κ2) is 27.5. The molecule has 0 N–H and O–H groups in total. The largest absolute Gasteiger partial charge is 0.466 e. The molecule has 0 aliphatic carbocycles. The SMILES string of the molecule is CCCCC(CC)OCC(=O)CCCCCOC(=O)CCCOC(=O)C(C)CSCCC(=O)CC(=O)CCSCC(C)(C)c1ccccc1. The maximum absolute atomic E-state index is 12.3. The lowest BCUT2D eigenvalue weighted by atomic mass is 9.87. The van der Waals surface area contributed by atoms with Gasteiger partial charge in [-0.3, -0.25) is 24.0 Å². The number of hydrogen-bond donors (Lipinski definition) is 0. The van der Waals surface area contributed by atoms with Crippen molar-refractivity contribution in [3.63, 3.8) is 0 Å². The summed E-state index contributed by atoms with van der Waals surface area (Å²) < 4.78 is 16.3. The van der Waals surface area contributed by atoms with Gasteiger partial charge >= 0.3 is 11.9 Å². The molecule has 278 valence electrons. The van der Waals surface area contributed by atoms with Crippen LogP contribution in [0.3, 0.4) is 0 Å². The fourth-order valence-corrected chi connectivity index (χ4v) is 7.13. The normalized spacial score (nSPS) is 12.7. The van der Waals surface area contributed by atoms with Crippen LogP contribution in [0, 0.1) is 5.92 Å². The Morgan fingerprint density at radius 3 is 2.10 bits per heavy atom. The van der Waals surface area contributed by atoms with Crippen LogP contribution in [-0.2, 0) is 43.6 Å². The summed E-state index contributed by atoms with van der Waals surface area (Å²) in [6.45, 7) is 11.0. The number of Topliss-reactive ketones (excluding diaryl/α,β-unsaturated/α-hetero) is 3. The number of unbranched alkanes of at least 4 members (excludes halogenated alkanes) is 3. The first kappa shape index (κ1) is 44.9. The van der Waals surface area contributed by atoms with E-state index in [0.717, 1.165) is 44.3 Å². The van der Waals surface area contributed by atoms with Gasteiger partial charge < -0.3 is 14.2 Å². The summed E-state index contributed by atoms with van der Waals surface area (Å²) in [6.07, 6.45) is 8.30. The van der Waals surface area contributed by atoms with Crippen molar-refractivity contribution in [1.82, 2.24) is 0 Å². The number of carbonyl (C=O) groups is 5. The fraction of sp³-hybridized carbons (Fsp3) is 0.718. The van der Waals surface area contributed by atoms with Crippen molar-refractivity contribution >= 4 is 52.8 Å². The Morgan fingerprint density at radius 1 is 0.755 bits per heavy atom. The van der Waals surface area contributed by atoms with Crippen LogP contribution in [0.4, 0.5) is 0 Å². The van der Waals surface area contributed by atoms with Crippen LogP contribution in [0.2, 0.25) is 0 Å². The van der Waals surface area contributed by atoms with E-state index in [1.807, 2.05) is 18.2 Å². The Labute approximate surface area is 304 Å². The molecular formula is C39H62O8S2. The van der Waals surface area contributed by atoms with Crippen molar-refractivity contribution in [2.45, 2.75) is 130 Å². The minimum Gasteiger partial charge on any atom is -0.466 e. The lowest BCUT2D eigenvalue weighted by Gasteiger charge is -2.24. The van der Waals surface area contributed by atoms with Gasteiger partial charge in [0.2, 0.25) is 0 Å². The number of hydrogen-bond acceptors (Lipinski definition) is 10. The van der Waals surface area contributed by atoms with E-state index in [4.69, 9.17) is 14.2 Å². The number of thioether (sulfide) groups is 2.